The normalized spacial score (nSPS) is 19.9. The summed E-state index contributed by atoms with van der Waals surface area (Å²) in [6.45, 7) is 0.411. The van der Waals surface area contributed by atoms with Crippen molar-refractivity contribution >= 4 is 17.7 Å². The number of hydrogen-bond acceptors (Lipinski definition) is 3. The van der Waals surface area contributed by atoms with Gasteiger partial charge in [0.15, 0.2) is 0 Å². The fourth-order valence-electron chi connectivity index (χ4n) is 3.23. The number of nitrogens with one attached hydrogen (secondary N) is 1. The van der Waals surface area contributed by atoms with Crippen molar-refractivity contribution in [3.05, 3.63) is 70.8 Å². The van der Waals surface area contributed by atoms with E-state index in [2.05, 4.69) is 5.32 Å². The van der Waals surface area contributed by atoms with Crippen molar-refractivity contribution in [1.82, 2.24) is 10.2 Å². The highest BCUT2D eigenvalue weighted by Crippen LogP contribution is 2.27. The first kappa shape index (κ1) is 13.7. The summed E-state index contributed by atoms with van der Waals surface area (Å²) in [7, 11) is 0. The van der Waals surface area contributed by atoms with Crippen LogP contribution in [0, 0.1) is 0 Å². The average molecular weight is 306 g/mol. The van der Waals surface area contributed by atoms with E-state index in [9.17, 15) is 14.4 Å². The number of carbonyl (C=O) groups is 3. The molecule has 5 nitrogen and oxygen atoms in total. The number of rotatable bonds is 1. The van der Waals surface area contributed by atoms with Crippen LogP contribution in [-0.4, -0.2) is 28.7 Å². The Hall–Kier alpha value is -2.95. The van der Waals surface area contributed by atoms with Crippen LogP contribution < -0.4 is 5.32 Å². The molecule has 2 aliphatic heterocycles. The molecule has 0 spiro atoms. The van der Waals surface area contributed by atoms with Gasteiger partial charge in [0.05, 0.1) is 11.1 Å². The zero-order valence-corrected chi connectivity index (χ0v) is 12.3. The van der Waals surface area contributed by atoms with Gasteiger partial charge in [0.2, 0.25) is 5.91 Å². The van der Waals surface area contributed by atoms with Crippen LogP contribution in [-0.2, 0) is 17.8 Å². The van der Waals surface area contributed by atoms with Crippen LogP contribution in [0.25, 0.3) is 0 Å². The second kappa shape index (κ2) is 5.05. The third-order valence-corrected chi connectivity index (χ3v) is 4.42. The Labute approximate surface area is 132 Å². The topological polar surface area (TPSA) is 66.5 Å². The molecule has 0 saturated heterocycles. The summed E-state index contributed by atoms with van der Waals surface area (Å²) in [5.41, 5.74) is 2.72. The molecule has 1 N–H and O–H groups in total. The van der Waals surface area contributed by atoms with Crippen molar-refractivity contribution in [1.29, 1.82) is 0 Å². The highest BCUT2D eigenvalue weighted by Gasteiger charge is 2.43. The number of benzene rings is 2. The highest BCUT2D eigenvalue weighted by atomic mass is 16.2. The minimum atomic E-state index is -0.814. The molecule has 3 amide bonds. The highest BCUT2D eigenvalue weighted by molar-refractivity contribution is 6.22. The summed E-state index contributed by atoms with van der Waals surface area (Å²) in [6, 6.07) is 13.6. The van der Waals surface area contributed by atoms with Gasteiger partial charge in [0.25, 0.3) is 11.8 Å². The number of nitrogens with zero attached hydrogens (tertiary/aromatic N) is 1. The van der Waals surface area contributed by atoms with E-state index in [0.29, 0.717) is 24.1 Å². The van der Waals surface area contributed by atoms with E-state index in [1.165, 1.54) is 0 Å². The lowest BCUT2D eigenvalue weighted by Gasteiger charge is -2.23. The Balaban J connectivity index is 1.75. The van der Waals surface area contributed by atoms with E-state index in [0.717, 1.165) is 16.0 Å². The fraction of sp³-hybridized carbons (Fsp3) is 0.167. The van der Waals surface area contributed by atoms with Crippen molar-refractivity contribution in [2.75, 3.05) is 0 Å². The molecule has 0 saturated carbocycles. The maximum absolute atomic E-state index is 12.6. The van der Waals surface area contributed by atoms with E-state index >= 15 is 0 Å². The quantitative estimate of drug-likeness (QED) is 0.812. The van der Waals surface area contributed by atoms with Gasteiger partial charge in [-0.15, -0.1) is 0 Å². The Kier molecular flexibility index (Phi) is 3.01. The second-order valence-corrected chi connectivity index (χ2v) is 5.73. The molecule has 0 bridgehead atoms. The van der Waals surface area contributed by atoms with Crippen LogP contribution in [0.1, 0.15) is 31.8 Å². The van der Waals surface area contributed by atoms with Gasteiger partial charge in [-0.3, -0.25) is 19.3 Å². The Bertz CT molecular complexity index is 809. The number of imide groups is 1. The van der Waals surface area contributed by atoms with Crippen LogP contribution in [0.2, 0.25) is 0 Å². The Morgan fingerprint density at radius 3 is 2.04 bits per heavy atom. The molecule has 114 valence electrons. The molecule has 0 radical (unpaired) electrons. The summed E-state index contributed by atoms with van der Waals surface area (Å²) in [4.78, 5) is 38.8. The molecule has 4 rings (SSSR count). The van der Waals surface area contributed by atoms with E-state index in [-0.39, 0.29) is 5.91 Å². The third kappa shape index (κ3) is 2.04. The van der Waals surface area contributed by atoms with Gasteiger partial charge in [-0.2, -0.15) is 0 Å². The maximum atomic E-state index is 12.6. The smallest absolute Gasteiger partial charge is 0.262 e. The molecule has 0 aliphatic carbocycles. The first-order valence-corrected chi connectivity index (χ1v) is 7.48. The summed E-state index contributed by atoms with van der Waals surface area (Å²) in [6.07, 6.45) is 0.341. The van der Waals surface area contributed by atoms with E-state index in [1.807, 2.05) is 24.3 Å². The largest absolute Gasteiger partial charge is 0.350 e. The van der Waals surface area contributed by atoms with Crippen LogP contribution in [0.3, 0.4) is 0 Å². The summed E-state index contributed by atoms with van der Waals surface area (Å²) >= 11 is 0. The van der Waals surface area contributed by atoms with Gasteiger partial charge in [-0.1, -0.05) is 36.4 Å². The molecule has 2 heterocycles. The van der Waals surface area contributed by atoms with Gasteiger partial charge >= 0.3 is 0 Å². The van der Waals surface area contributed by atoms with Crippen molar-refractivity contribution in [3.8, 4) is 0 Å². The molecule has 2 aromatic carbocycles. The predicted molar refractivity (Wildman–Crippen MR) is 82.7 cm³/mol. The molecule has 1 atom stereocenters. The van der Waals surface area contributed by atoms with Gasteiger partial charge in [-0.05, 0) is 23.3 Å². The van der Waals surface area contributed by atoms with Gasteiger partial charge in [-0.25, -0.2) is 0 Å². The monoisotopic (exact) mass is 306 g/mol. The Morgan fingerprint density at radius 1 is 0.826 bits per heavy atom. The van der Waals surface area contributed by atoms with Crippen LogP contribution in [0.15, 0.2) is 48.5 Å². The first-order valence-electron chi connectivity index (χ1n) is 7.48. The molecular weight excluding hydrogens is 292 g/mol. The molecule has 2 aromatic rings. The van der Waals surface area contributed by atoms with Crippen LogP contribution in [0.5, 0.6) is 0 Å². The molecule has 23 heavy (non-hydrogen) atoms. The lowest BCUT2D eigenvalue weighted by atomic mass is 10.0. The second-order valence-electron chi connectivity index (χ2n) is 5.73. The fourth-order valence-corrected chi connectivity index (χ4v) is 3.23. The van der Waals surface area contributed by atoms with E-state index in [1.54, 1.807) is 24.3 Å². The number of hydrogen-bond donors (Lipinski definition) is 1. The number of fused-ring (bicyclic) bond motifs is 2. The van der Waals surface area contributed by atoms with Crippen molar-refractivity contribution in [2.24, 2.45) is 0 Å². The predicted octanol–water partition coefficient (Wildman–Crippen LogP) is 1.52. The van der Waals surface area contributed by atoms with Gasteiger partial charge in [0.1, 0.15) is 6.04 Å². The van der Waals surface area contributed by atoms with E-state index < -0.39 is 17.9 Å². The average Bonchev–Trinajstić information content (AvgIpc) is 2.72. The van der Waals surface area contributed by atoms with Gasteiger partial charge < -0.3 is 5.32 Å². The maximum Gasteiger partial charge on any atom is 0.262 e. The molecule has 5 heteroatoms. The summed E-state index contributed by atoms with van der Waals surface area (Å²) in [5, 5.41) is 2.81. The van der Waals surface area contributed by atoms with E-state index in [4.69, 9.17) is 0 Å². The molecular formula is C18H14N2O3. The lowest BCUT2D eigenvalue weighted by Crippen LogP contribution is -2.49. The number of carbonyl (C=O) groups excluding carboxylic acids is 3. The SMILES string of the molecule is O=C1NCc2ccccc2C[C@@H]1N1C(=O)c2ccccc2C1=O. The van der Waals surface area contributed by atoms with Gasteiger partial charge in [0, 0.05) is 13.0 Å². The minimum absolute atomic E-state index is 0.296. The zero-order chi connectivity index (χ0) is 16.0. The van der Waals surface area contributed by atoms with Crippen molar-refractivity contribution in [3.63, 3.8) is 0 Å². The summed E-state index contributed by atoms with van der Waals surface area (Å²) in [5.74, 6) is -1.09. The van der Waals surface area contributed by atoms with Crippen molar-refractivity contribution in [2.45, 2.75) is 19.0 Å². The summed E-state index contributed by atoms with van der Waals surface area (Å²) < 4.78 is 0. The first-order chi connectivity index (χ1) is 11.2. The zero-order valence-electron chi connectivity index (χ0n) is 12.3. The van der Waals surface area contributed by atoms with Crippen molar-refractivity contribution < 1.29 is 14.4 Å². The molecule has 0 unspecified atom stereocenters. The Morgan fingerprint density at radius 2 is 1.39 bits per heavy atom. The molecule has 2 aliphatic rings. The third-order valence-electron chi connectivity index (χ3n) is 4.42. The number of amides is 3. The van der Waals surface area contributed by atoms with Crippen LogP contribution in [0.4, 0.5) is 0 Å². The lowest BCUT2D eigenvalue weighted by molar-refractivity contribution is -0.124. The molecule has 0 aromatic heterocycles. The standard InChI is InChI=1S/C18H14N2O3/c21-16-15(9-11-5-1-2-6-12(11)10-19-16)20-17(22)13-7-3-4-8-14(13)18(20)23/h1-8,15H,9-10H2,(H,19,21)/t15-/m0/s1. The molecule has 0 fully saturated rings. The van der Waals surface area contributed by atoms with Crippen LogP contribution >= 0.6 is 0 Å². The minimum Gasteiger partial charge on any atom is -0.350 e.